The molecule has 4 rings (SSSR count). The minimum Gasteiger partial charge on any atom is -0.455 e. The number of benzene rings is 1. The molecule has 2 aromatic rings. The molecule has 1 amide bonds. The number of esters is 1. The molecule has 182 valence electrons. The lowest BCUT2D eigenvalue weighted by Gasteiger charge is -2.38. The van der Waals surface area contributed by atoms with Gasteiger partial charge in [-0.25, -0.2) is 4.98 Å². The Hall–Kier alpha value is -2.73. The molecule has 1 aliphatic carbocycles. The normalized spacial score (nSPS) is 24.6. The fourth-order valence-electron chi connectivity index (χ4n) is 5.70. The number of aromatic nitrogens is 1. The molecule has 2 N–H and O–H groups in total. The van der Waals surface area contributed by atoms with Crippen LogP contribution in [0, 0.1) is 5.92 Å². The largest absolute Gasteiger partial charge is 0.455 e. The zero-order valence-electron chi connectivity index (χ0n) is 20.3. The van der Waals surface area contributed by atoms with Gasteiger partial charge < -0.3 is 15.0 Å². The Balaban J connectivity index is 1.45. The fraction of sp³-hybridized carbons (Fsp3) is 0.536. The summed E-state index contributed by atoms with van der Waals surface area (Å²) in [6, 6.07) is 15.7. The summed E-state index contributed by atoms with van der Waals surface area (Å²) < 4.78 is 6.37. The molecule has 1 aromatic carbocycles. The van der Waals surface area contributed by atoms with Crippen molar-refractivity contribution in [1.82, 2.24) is 4.98 Å². The zero-order valence-corrected chi connectivity index (χ0v) is 20.3. The van der Waals surface area contributed by atoms with Crippen LogP contribution >= 0.6 is 0 Å². The number of nitrogens with zero attached hydrogens (tertiary/aromatic N) is 1. The quantitative estimate of drug-likeness (QED) is 0.486. The molecule has 3 atom stereocenters. The van der Waals surface area contributed by atoms with Crippen molar-refractivity contribution in [1.29, 1.82) is 0 Å². The van der Waals surface area contributed by atoms with Crippen molar-refractivity contribution in [2.45, 2.75) is 69.8 Å². The molecule has 34 heavy (non-hydrogen) atoms. The predicted molar refractivity (Wildman–Crippen MR) is 133 cm³/mol. The first-order valence-corrected chi connectivity index (χ1v) is 12.9. The van der Waals surface area contributed by atoms with E-state index in [0.717, 1.165) is 55.5 Å². The summed E-state index contributed by atoms with van der Waals surface area (Å²) in [4.78, 5) is 31.8. The van der Waals surface area contributed by atoms with Crippen LogP contribution in [-0.2, 0) is 19.7 Å². The third-order valence-corrected chi connectivity index (χ3v) is 7.68. The van der Waals surface area contributed by atoms with Crippen LogP contribution < -0.4 is 10.2 Å². The number of quaternary nitrogens is 1. The number of piperidine rings is 1. The van der Waals surface area contributed by atoms with E-state index in [0.29, 0.717) is 24.8 Å². The maximum atomic E-state index is 13.9. The number of amides is 1. The zero-order chi connectivity index (χ0) is 23.8. The van der Waals surface area contributed by atoms with E-state index in [1.165, 1.54) is 12.8 Å². The van der Waals surface area contributed by atoms with E-state index < -0.39 is 5.41 Å². The van der Waals surface area contributed by atoms with Gasteiger partial charge in [0.25, 0.3) is 5.91 Å². The lowest BCUT2D eigenvalue weighted by atomic mass is 9.74. The van der Waals surface area contributed by atoms with Gasteiger partial charge in [-0.3, -0.25) is 9.59 Å². The third kappa shape index (κ3) is 5.84. The van der Waals surface area contributed by atoms with E-state index in [-0.39, 0.29) is 18.0 Å². The molecule has 2 fully saturated rings. The molecule has 0 bridgehead atoms. The summed E-state index contributed by atoms with van der Waals surface area (Å²) >= 11 is 0. The summed E-state index contributed by atoms with van der Waals surface area (Å²) in [6.07, 6.45) is 9.59. The SMILES string of the molecule is CC[C@@H]1CC[NH+](CC(=O)Nc2ccccn2)C[C@@H]1OC(=O)C1(c2ccccc2)CCCCCC1. The summed E-state index contributed by atoms with van der Waals surface area (Å²) in [5.74, 6) is 0.781. The molecule has 6 heteroatoms. The topological polar surface area (TPSA) is 72.7 Å². The summed E-state index contributed by atoms with van der Waals surface area (Å²) in [7, 11) is 0. The summed E-state index contributed by atoms with van der Waals surface area (Å²) in [5, 5.41) is 2.88. The van der Waals surface area contributed by atoms with Gasteiger partial charge in [-0.15, -0.1) is 0 Å². The first-order valence-electron chi connectivity index (χ1n) is 12.9. The monoisotopic (exact) mass is 464 g/mol. The first-order chi connectivity index (χ1) is 16.6. The maximum Gasteiger partial charge on any atom is 0.317 e. The lowest BCUT2D eigenvalue weighted by Crippen LogP contribution is -3.15. The van der Waals surface area contributed by atoms with E-state index in [1.807, 2.05) is 30.3 Å². The van der Waals surface area contributed by atoms with E-state index >= 15 is 0 Å². The second kappa shape index (κ2) is 11.6. The summed E-state index contributed by atoms with van der Waals surface area (Å²) in [5.41, 5.74) is 0.536. The van der Waals surface area contributed by atoms with Crippen molar-refractivity contribution in [3.63, 3.8) is 0 Å². The lowest BCUT2D eigenvalue weighted by molar-refractivity contribution is -0.901. The Labute approximate surface area is 203 Å². The molecule has 2 aliphatic rings. The Morgan fingerprint density at radius 3 is 2.47 bits per heavy atom. The second-order valence-electron chi connectivity index (χ2n) is 9.91. The minimum atomic E-state index is -0.552. The standard InChI is InChI=1S/C28H37N3O3/c1-2-22-15-19-31(21-26(32)30-25-14-8-11-18-29-25)20-24(22)34-27(33)28(16-9-3-4-10-17-28)23-12-6-5-7-13-23/h5-8,11-14,18,22,24H,2-4,9-10,15-17,19-21H2,1H3,(H,29,30,32)/p+1/t22-,24+/m1/s1. The smallest absolute Gasteiger partial charge is 0.317 e. The first kappa shape index (κ1) is 24.4. The number of anilines is 1. The van der Waals surface area contributed by atoms with Gasteiger partial charge in [0.15, 0.2) is 12.6 Å². The number of carbonyl (C=O) groups excluding carboxylic acids is 2. The van der Waals surface area contributed by atoms with Crippen molar-refractivity contribution < 1.29 is 19.2 Å². The van der Waals surface area contributed by atoms with Gasteiger partial charge >= 0.3 is 5.97 Å². The number of hydrogen-bond donors (Lipinski definition) is 2. The Bertz CT molecular complexity index is 926. The second-order valence-corrected chi connectivity index (χ2v) is 9.91. The van der Waals surface area contributed by atoms with Gasteiger partial charge in [-0.2, -0.15) is 0 Å². The van der Waals surface area contributed by atoms with Crippen LogP contribution in [0.15, 0.2) is 54.7 Å². The Morgan fingerprint density at radius 1 is 1.06 bits per heavy atom. The van der Waals surface area contributed by atoms with E-state index in [1.54, 1.807) is 12.3 Å². The summed E-state index contributed by atoms with van der Waals surface area (Å²) in [6.45, 7) is 4.10. The minimum absolute atomic E-state index is 0.0572. The maximum absolute atomic E-state index is 13.9. The number of likely N-dealkylation sites (tertiary alicyclic amines) is 1. The molecule has 1 unspecified atom stereocenters. The molecular weight excluding hydrogens is 426 g/mol. The molecule has 1 saturated carbocycles. The number of carbonyl (C=O) groups is 2. The molecule has 2 heterocycles. The molecule has 0 spiro atoms. The van der Waals surface area contributed by atoms with Gasteiger partial charge in [-0.05, 0) is 37.0 Å². The molecule has 1 aromatic heterocycles. The highest BCUT2D eigenvalue weighted by molar-refractivity contribution is 5.90. The number of pyridine rings is 1. The van der Waals surface area contributed by atoms with Gasteiger partial charge in [-0.1, -0.05) is 69.0 Å². The van der Waals surface area contributed by atoms with Gasteiger partial charge in [0.05, 0.1) is 12.0 Å². The third-order valence-electron chi connectivity index (χ3n) is 7.68. The van der Waals surface area contributed by atoms with Gasteiger partial charge in [0.2, 0.25) is 0 Å². The number of rotatable bonds is 7. The van der Waals surface area contributed by atoms with Crippen LogP contribution in [0.5, 0.6) is 0 Å². The Morgan fingerprint density at radius 2 is 1.79 bits per heavy atom. The van der Waals surface area contributed by atoms with Crippen molar-refractivity contribution in [2.24, 2.45) is 5.92 Å². The highest BCUT2D eigenvalue weighted by atomic mass is 16.5. The predicted octanol–water partition coefficient (Wildman–Crippen LogP) is 3.54. The van der Waals surface area contributed by atoms with Crippen LogP contribution in [0.3, 0.4) is 0 Å². The van der Waals surface area contributed by atoms with Crippen molar-refractivity contribution in [3.8, 4) is 0 Å². The van der Waals surface area contributed by atoms with E-state index in [2.05, 4.69) is 29.4 Å². The number of hydrogen-bond acceptors (Lipinski definition) is 4. The van der Waals surface area contributed by atoms with Gasteiger partial charge in [0.1, 0.15) is 12.4 Å². The number of nitrogens with one attached hydrogen (secondary N) is 2. The van der Waals surface area contributed by atoms with Crippen LogP contribution in [0.2, 0.25) is 0 Å². The van der Waals surface area contributed by atoms with Crippen LogP contribution in [0.25, 0.3) is 0 Å². The van der Waals surface area contributed by atoms with Gasteiger partial charge in [0, 0.05) is 18.5 Å². The molecule has 0 radical (unpaired) electrons. The average molecular weight is 465 g/mol. The van der Waals surface area contributed by atoms with Crippen molar-refractivity contribution in [2.75, 3.05) is 25.0 Å². The fourth-order valence-corrected chi connectivity index (χ4v) is 5.70. The van der Waals surface area contributed by atoms with Crippen LogP contribution in [0.1, 0.15) is 63.9 Å². The molecule has 1 aliphatic heterocycles. The van der Waals surface area contributed by atoms with Crippen molar-refractivity contribution >= 4 is 17.7 Å². The average Bonchev–Trinajstić information content (AvgIpc) is 3.13. The molecular formula is C28H38N3O3+. The Kier molecular flexibility index (Phi) is 8.33. The van der Waals surface area contributed by atoms with E-state index in [9.17, 15) is 9.59 Å². The highest BCUT2D eigenvalue weighted by Gasteiger charge is 2.44. The van der Waals surface area contributed by atoms with Crippen LogP contribution in [0.4, 0.5) is 5.82 Å². The molecule has 1 saturated heterocycles. The van der Waals surface area contributed by atoms with Crippen molar-refractivity contribution in [3.05, 3.63) is 60.3 Å². The highest BCUT2D eigenvalue weighted by Crippen LogP contribution is 2.40. The molecule has 6 nitrogen and oxygen atoms in total. The van der Waals surface area contributed by atoms with Crippen LogP contribution in [-0.4, -0.2) is 42.6 Å². The van der Waals surface area contributed by atoms with E-state index in [4.69, 9.17) is 4.74 Å². The number of ether oxygens (including phenoxy) is 1.